The summed E-state index contributed by atoms with van der Waals surface area (Å²) in [5, 5.41) is 6.33. The molecule has 1 amide bonds. The maximum absolute atomic E-state index is 12.0. The minimum Gasteiger partial charge on any atom is -0.352 e. The second kappa shape index (κ2) is 8.15. The Balaban J connectivity index is 1.81. The predicted molar refractivity (Wildman–Crippen MR) is 86.4 cm³/mol. The third-order valence-electron chi connectivity index (χ3n) is 3.84. The average molecular weight is 289 g/mol. The molecule has 0 bridgehead atoms. The molecule has 2 rings (SSSR count). The van der Waals surface area contributed by atoms with Gasteiger partial charge in [-0.05, 0) is 30.0 Å². The summed E-state index contributed by atoms with van der Waals surface area (Å²) in [6, 6.07) is 8.00. The average Bonchev–Trinajstić information content (AvgIpc) is 2.48. The van der Waals surface area contributed by atoms with Crippen molar-refractivity contribution in [1.82, 2.24) is 15.5 Å². The van der Waals surface area contributed by atoms with Gasteiger partial charge in [0.1, 0.15) is 0 Å². The minimum atomic E-state index is 0.0318. The van der Waals surface area contributed by atoms with Crippen LogP contribution >= 0.6 is 0 Å². The van der Waals surface area contributed by atoms with E-state index in [2.05, 4.69) is 41.5 Å². The largest absolute Gasteiger partial charge is 0.352 e. The Morgan fingerprint density at radius 2 is 1.90 bits per heavy atom. The molecule has 1 aliphatic heterocycles. The second-order valence-corrected chi connectivity index (χ2v) is 6.16. The molecule has 2 N–H and O–H groups in total. The highest BCUT2D eigenvalue weighted by molar-refractivity contribution is 5.94. The molecular formula is C17H27N3O. The highest BCUT2D eigenvalue weighted by Crippen LogP contribution is 2.08. The van der Waals surface area contributed by atoms with Gasteiger partial charge < -0.3 is 10.6 Å². The Labute approximate surface area is 127 Å². The number of carbonyl (C=O) groups excluding carboxylic acids is 1. The Hall–Kier alpha value is -1.39. The van der Waals surface area contributed by atoms with E-state index in [0.717, 1.165) is 51.3 Å². The lowest BCUT2D eigenvalue weighted by molar-refractivity contribution is 0.0952. The number of piperazine rings is 1. The maximum atomic E-state index is 12.0. The summed E-state index contributed by atoms with van der Waals surface area (Å²) in [6.45, 7) is 10.4. The van der Waals surface area contributed by atoms with Gasteiger partial charge in [-0.25, -0.2) is 0 Å². The zero-order valence-corrected chi connectivity index (χ0v) is 13.2. The number of nitrogens with zero attached hydrogens (tertiary/aromatic N) is 1. The number of hydrogen-bond acceptors (Lipinski definition) is 3. The first kappa shape index (κ1) is 16.0. The summed E-state index contributed by atoms with van der Waals surface area (Å²) in [6.07, 6.45) is 1.02. The number of nitrogens with one attached hydrogen (secondary N) is 2. The smallest absolute Gasteiger partial charge is 0.251 e. The minimum absolute atomic E-state index is 0.0318. The van der Waals surface area contributed by atoms with Crippen molar-refractivity contribution in [2.24, 2.45) is 5.92 Å². The number of rotatable bonds is 6. The number of hydrogen-bond donors (Lipinski definition) is 2. The molecule has 4 heteroatoms. The molecule has 0 atom stereocenters. The Morgan fingerprint density at radius 3 is 2.52 bits per heavy atom. The standard InChI is InChI=1S/C17H27N3O/c1-14(2)7-8-19-17(21)16-5-3-15(4-6-16)13-20-11-9-18-10-12-20/h3-6,14,18H,7-13H2,1-2H3,(H,19,21). The number of benzene rings is 1. The number of carbonyl (C=O) groups is 1. The molecule has 0 aliphatic carbocycles. The molecule has 21 heavy (non-hydrogen) atoms. The van der Waals surface area contributed by atoms with Crippen LogP contribution in [0.25, 0.3) is 0 Å². The first-order valence-corrected chi connectivity index (χ1v) is 7.95. The van der Waals surface area contributed by atoms with Crippen LogP contribution in [0.4, 0.5) is 0 Å². The first-order chi connectivity index (χ1) is 10.1. The molecule has 0 aromatic heterocycles. The lowest BCUT2D eigenvalue weighted by atomic mass is 10.1. The molecule has 1 saturated heterocycles. The van der Waals surface area contributed by atoms with Crippen molar-refractivity contribution in [3.05, 3.63) is 35.4 Å². The van der Waals surface area contributed by atoms with Crippen molar-refractivity contribution in [2.45, 2.75) is 26.8 Å². The second-order valence-electron chi connectivity index (χ2n) is 6.16. The van der Waals surface area contributed by atoms with E-state index in [1.54, 1.807) is 0 Å². The van der Waals surface area contributed by atoms with Crippen molar-refractivity contribution in [3.8, 4) is 0 Å². The van der Waals surface area contributed by atoms with Gasteiger partial charge in [-0.2, -0.15) is 0 Å². The maximum Gasteiger partial charge on any atom is 0.251 e. The van der Waals surface area contributed by atoms with E-state index < -0.39 is 0 Å². The molecule has 4 nitrogen and oxygen atoms in total. The van der Waals surface area contributed by atoms with Gasteiger partial charge in [0.05, 0.1) is 0 Å². The normalized spacial score (nSPS) is 16.1. The van der Waals surface area contributed by atoms with Gasteiger partial charge in [0.15, 0.2) is 0 Å². The quantitative estimate of drug-likeness (QED) is 0.840. The van der Waals surface area contributed by atoms with Crippen LogP contribution < -0.4 is 10.6 Å². The monoisotopic (exact) mass is 289 g/mol. The third-order valence-corrected chi connectivity index (χ3v) is 3.84. The number of amides is 1. The van der Waals surface area contributed by atoms with E-state index in [-0.39, 0.29) is 5.91 Å². The third kappa shape index (κ3) is 5.48. The van der Waals surface area contributed by atoms with Crippen LogP contribution in [-0.2, 0) is 6.54 Å². The Morgan fingerprint density at radius 1 is 1.24 bits per heavy atom. The predicted octanol–water partition coefficient (Wildman–Crippen LogP) is 1.87. The summed E-state index contributed by atoms with van der Waals surface area (Å²) in [7, 11) is 0. The molecule has 116 valence electrons. The van der Waals surface area contributed by atoms with Gasteiger partial charge in [-0.1, -0.05) is 26.0 Å². The molecule has 1 heterocycles. The summed E-state index contributed by atoms with van der Waals surface area (Å²) < 4.78 is 0. The van der Waals surface area contributed by atoms with Crippen molar-refractivity contribution in [3.63, 3.8) is 0 Å². The van der Waals surface area contributed by atoms with Crippen molar-refractivity contribution >= 4 is 5.91 Å². The molecular weight excluding hydrogens is 262 g/mol. The highest BCUT2D eigenvalue weighted by atomic mass is 16.1. The molecule has 0 saturated carbocycles. The van der Waals surface area contributed by atoms with E-state index in [0.29, 0.717) is 5.92 Å². The van der Waals surface area contributed by atoms with Gasteiger partial charge in [0.2, 0.25) is 0 Å². The molecule has 0 spiro atoms. The van der Waals surface area contributed by atoms with Gasteiger partial charge >= 0.3 is 0 Å². The zero-order valence-electron chi connectivity index (χ0n) is 13.2. The lowest BCUT2D eigenvalue weighted by Gasteiger charge is -2.27. The summed E-state index contributed by atoms with van der Waals surface area (Å²) in [5.74, 6) is 0.649. The Kier molecular flexibility index (Phi) is 6.21. The summed E-state index contributed by atoms with van der Waals surface area (Å²) in [5.41, 5.74) is 2.03. The van der Waals surface area contributed by atoms with E-state index in [1.165, 1.54) is 5.56 Å². The molecule has 1 aromatic carbocycles. The fourth-order valence-electron chi connectivity index (χ4n) is 2.47. The van der Waals surface area contributed by atoms with Crippen LogP contribution in [0.1, 0.15) is 36.2 Å². The fourth-order valence-corrected chi connectivity index (χ4v) is 2.47. The lowest BCUT2D eigenvalue weighted by Crippen LogP contribution is -2.42. The van der Waals surface area contributed by atoms with E-state index >= 15 is 0 Å². The van der Waals surface area contributed by atoms with Gasteiger partial charge in [0.25, 0.3) is 5.91 Å². The highest BCUT2D eigenvalue weighted by Gasteiger charge is 2.10. The SMILES string of the molecule is CC(C)CCNC(=O)c1ccc(CN2CCNCC2)cc1. The van der Waals surface area contributed by atoms with Crippen LogP contribution in [0.3, 0.4) is 0 Å². The topological polar surface area (TPSA) is 44.4 Å². The Bertz CT molecular complexity index is 436. The van der Waals surface area contributed by atoms with Crippen LogP contribution in [-0.4, -0.2) is 43.5 Å². The zero-order chi connectivity index (χ0) is 15.1. The molecule has 1 aromatic rings. The van der Waals surface area contributed by atoms with Crippen LogP contribution in [0.5, 0.6) is 0 Å². The van der Waals surface area contributed by atoms with Crippen LogP contribution in [0, 0.1) is 5.92 Å². The van der Waals surface area contributed by atoms with Crippen molar-refractivity contribution in [2.75, 3.05) is 32.7 Å². The van der Waals surface area contributed by atoms with Gasteiger partial charge in [-0.15, -0.1) is 0 Å². The molecule has 1 aliphatic rings. The molecule has 0 unspecified atom stereocenters. The van der Waals surface area contributed by atoms with Crippen molar-refractivity contribution in [1.29, 1.82) is 0 Å². The van der Waals surface area contributed by atoms with Crippen LogP contribution in [0.2, 0.25) is 0 Å². The van der Waals surface area contributed by atoms with E-state index in [4.69, 9.17) is 0 Å². The van der Waals surface area contributed by atoms with E-state index in [1.807, 2.05) is 12.1 Å². The van der Waals surface area contributed by atoms with Gasteiger partial charge in [0, 0.05) is 44.8 Å². The molecule has 1 fully saturated rings. The molecule has 0 radical (unpaired) electrons. The van der Waals surface area contributed by atoms with E-state index in [9.17, 15) is 4.79 Å². The summed E-state index contributed by atoms with van der Waals surface area (Å²) in [4.78, 5) is 14.4. The van der Waals surface area contributed by atoms with Crippen molar-refractivity contribution < 1.29 is 4.79 Å². The van der Waals surface area contributed by atoms with Gasteiger partial charge in [-0.3, -0.25) is 9.69 Å². The fraction of sp³-hybridized carbons (Fsp3) is 0.588. The first-order valence-electron chi connectivity index (χ1n) is 7.95. The summed E-state index contributed by atoms with van der Waals surface area (Å²) >= 11 is 0. The van der Waals surface area contributed by atoms with Crippen LogP contribution in [0.15, 0.2) is 24.3 Å².